The molecule has 0 spiro atoms. The van der Waals surface area contributed by atoms with Crippen molar-refractivity contribution in [2.24, 2.45) is 0 Å². The first kappa shape index (κ1) is 17.9. The Hall–Kier alpha value is -2.49. The first-order chi connectivity index (χ1) is 11.6. The molecule has 1 N–H and O–H groups in total. The van der Waals surface area contributed by atoms with Crippen molar-refractivity contribution in [1.29, 1.82) is 0 Å². The molecule has 2 aromatic carbocycles. The smallest absolute Gasteiger partial charge is 0.258 e. The van der Waals surface area contributed by atoms with Crippen molar-refractivity contribution in [3.05, 3.63) is 59.7 Å². The Labute approximate surface area is 143 Å². The van der Waals surface area contributed by atoms with E-state index in [0.29, 0.717) is 24.8 Å². The van der Waals surface area contributed by atoms with Crippen LogP contribution < -0.4 is 14.8 Å². The summed E-state index contributed by atoms with van der Waals surface area (Å²) in [4.78, 5) is 11.8. The van der Waals surface area contributed by atoms with E-state index in [1.165, 1.54) is 11.1 Å². The highest BCUT2D eigenvalue weighted by Crippen LogP contribution is 2.23. The van der Waals surface area contributed by atoms with Crippen molar-refractivity contribution in [2.45, 2.75) is 26.7 Å². The van der Waals surface area contributed by atoms with Crippen LogP contribution >= 0.6 is 0 Å². The SMILES string of the molecule is Cc1cc(OCC(=O)NCCOc2ccccc2)ccc1C(C)C. The maximum atomic E-state index is 11.8. The van der Waals surface area contributed by atoms with Crippen LogP contribution in [0.25, 0.3) is 0 Å². The van der Waals surface area contributed by atoms with Crippen molar-refractivity contribution < 1.29 is 14.3 Å². The Morgan fingerprint density at radius 2 is 1.79 bits per heavy atom. The van der Waals surface area contributed by atoms with Crippen LogP contribution in [-0.4, -0.2) is 25.7 Å². The number of carbonyl (C=O) groups excluding carboxylic acids is 1. The minimum atomic E-state index is -0.155. The van der Waals surface area contributed by atoms with E-state index in [-0.39, 0.29) is 12.5 Å². The molecule has 0 saturated heterocycles. The Balaban J connectivity index is 1.68. The number of rotatable bonds is 8. The van der Waals surface area contributed by atoms with Gasteiger partial charge >= 0.3 is 0 Å². The summed E-state index contributed by atoms with van der Waals surface area (Å²) in [6.07, 6.45) is 0. The van der Waals surface area contributed by atoms with Crippen LogP contribution in [0.2, 0.25) is 0 Å². The second-order valence-corrected chi connectivity index (χ2v) is 5.97. The largest absolute Gasteiger partial charge is 0.492 e. The third-order valence-corrected chi connectivity index (χ3v) is 3.67. The summed E-state index contributed by atoms with van der Waals surface area (Å²) >= 11 is 0. The number of amides is 1. The number of hydrogen-bond donors (Lipinski definition) is 1. The summed E-state index contributed by atoms with van der Waals surface area (Å²) in [6, 6.07) is 15.5. The first-order valence-corrected chi connectivity index (χ1v) is 8.24. The Morgan fingerprint density at radius 3 is 2.46 bits per heavy atom. The Bertz CT molecular complexity index is 653. The van der Waals surface area contributed by atoms with Crippen molar-refractivity contribution in [2.75, 3.05) is 19.8 Å². The molecule has 2 aromatic rings. The maximum absolute atomic E-state index is 11.8. The molecule has 0 heterocycles. The van der Waals surface area contributed by atoms with E-state index in [4.69, 9.17) is 9.47 Å². The lowest BCUT2D eigenvalue weighted by molar-refractivity contribution is -0.123. The molecule has 0 radical (unpaired) electrons. The maximum Gasteiger partial charge on any atom is 0.258 e. The molecule has 0 aliphatic heterocycles. The van der Waals surface area contributed by atoms with E-state index < -0.39 is 0 Å². The van der Waals surface area contributed by atoms with Gasteiger partial charge in [0.25, 0.3) is 5.91 Å². The van der Waals surface area contributed by atoms with Gasteiger partial charge in [-0.3, -0.25) is 4.79 Å². The van der Waals surface area contributed by atoms with Crippen LogP contribution in [0.15, 0.2) is 48.5 Å². The minimum absolute atomic E-state index is 0.00576. The number of hydrogen-bond acceptors (Lipinski definition) is 3. The zero-order chi connectivity index (χ0) is 17.4. The summed E-state index contributed by atoms with van der Waals surface area (Å²) in [5.41, 5.74) is 2.48. The van der Waals surface area contributed by atoms with Gasteiger partial charge in [0.1, 0.15) is 18.1 Å². The van der Waals surface area contributed by atoms with Gasteiger partial charge in [-0.2, -0.15) is 0 Å². The van der Waals surface area contributed by atoms with Gasteiger partial charge in [0.05, 0.1) is 6.54 Å². The highest BCUT2D eigenvalue weighted by molar-refractivity contribution is 5.77. The number of aryl methyl sites for hydroxylation is 1. The Kier molecular flexibility index (Phi) is 6.67. The van der Waals surface area contributed by atoms with Crippen LogP contribution in [0.3, 0.4) is 0 Å². The van der Waals surface area contributed by atoms with E-state index in [2.05, 4.69) is 32.2 Å². The van der Waals surface area contributed by atoms with Crippen LogP contribution in [-0.2, 0) is 4.79 Å². The molecule has 0 atom stereocenters. The summed E-state index contributed by atoms with van der Waals surface area (Å²) in [6.45, 7) is 7.26. The lowest BCUT2D eigenvalue weighted by atomic mass is 9.98. The number of benzene rings is 2. The standard InChI is InChI=1S/C20H25NO3/c1-15(2)19-10-9-18(13-16(19)3)24-14-20(22)21-11-12-23-17-7-5-4-6-8-17/h4-10,13,15H,11-12,14H2,1-3H3,(H,21,22). The Morgan fingerprint density at radius 1 is 1.04 bits per heavy atom. The number of para-hydroxylation sites is 1. The average Bonchev–Trinajstić information content (AvgIpc) is 2.57. The molecule has 0 aliphatic carbocycles. The predicted molar refractivity (Wildman–Crippen MR) is 95.7 cm³/mol. The summed E-state index contributed by atoms with van der Waals surface area (Å²) in [5, 5.41) is 2.78. The van der Waals surface area contributed by atoms with Crippen molar-refractivity contribution in [3.8, 4) is 11.5 Å². The van der Waals surface area contributed by atoms with E-state index in [1.54, 1.807) is 0 Å². The molecule has 128 valence electrons. The fourth-order valence-corrected chi connectivity index (χ4v) is 2.46. The van der Waals surface area contributed by atoms with Gasteiger partial charge in [0, 0.05) is 0 Å². The van der Waals surface area contributed by atoms with Crippen molar-refractivity contribution in [1.82, 2.24) is 5.32 Å². The van der Waals surface area contributed by atoms with Crippen LogP contribution in [0.5, 0.6) is 11.5 Å². The first-order valence-electron chi connectivity index (χ1n) is 8.24. The van der Waals surface area contributed by atoms with Gasteiger partial charge in [0.2, 0.25) is 0 Å². The molecule has 0 fully saturated rings. The molecule has 2 rings (SSSR count). The number of ether oxygens (including phenoxy) is 2. The van der Waals surface area contributed by atoms with Gasteiger partial charge in [-0.15, -0.1) is 0 Å². The topological polar surface area (TPSA) is 47.6 Å². The van der Waals surface area contributed by atoms with E-state index in [1.807, 2.05) is 42.5 Å². The zero-order valence-corrected chi connectivity index (χ0v) is 14.5. The lowest BCUT2D eigenvalue weighted by Crippen LogP contribution is -2.32. The van der Waals surface area contributed by atoms with Crippen molar-refractivity contribution in [3.63, 3.8) is 0 Å². The van der Waals surface area contributed by atoms with Crippen LogP contribution in [0.4, 0.5) is 0 Å². The second-order valence-electron chi connectivity index (χ2n) is 5.97. The van der Waals surface area contributed by atoms with Gasteiger partial charge in [-0.1, -0.05) is 38.1 Å². The fraction of sp³-hybridized carbons (Fsp3) is 0.350. The minimum Gasteiger partial charge on any atom is -0.492 e. The van der Waals surface area contributed by atoms with Gasteiger partial charge in [0.15, 0.2) is 6.61 Å². The summed E-state index contributed by atoms with van der Waals surface area (Å²) < 4.78 is 11.1. The third-order valence-electron chi connectivity index (χ3n) is 3.67. The van der Waals surface area contributed by atoms with Crippen LogP contribution in [0, 0.1) is 6.92 Å². The van der Waals surface area contributed by atoms with Crippen LogP contribution in [0.1, 0.15) is 30.9 Å². The third kappa shape index (κ3) is 5.61. The lowest BCUT2D eigenvalue weighted by Gasteiger charge is -2.12. The molecule has 0 bridgehead atoms. The molecular weight excluding hydrogens is 302 g/mol. The molecule has 1 amide bonds. The molecule has 4 nitrogen and oxygen atoms in total. The number of carbonyl (C=O) groups is 1. The van der Waals surface area contributed by atoms with Gasteiger partial charge in [-0.25, -0.2) is 0 Å². The summed E-state index contributed by atoms with van der Waals surface area (Å²) in [7, 11) is 0. The molecule has 0 aliphatic rings. The van der Waals surface area contributed by atoms with Gasteiger partial charge in [-0.05, 0) is 48.2 Å². The highest BCUT2D eigenvalue weighted by Gasteiger charge is 2.06. The normalized spacial score (nSPS) is 10.5. The molecule has 0 saturated carbocycles. The highest BCUT2D eigenvalue weighted by atomic mass is 16.5. The van der Waals surface area contributed by atoms with Gasteiger partial charge < -0.3 is 14.8 Å². The molecule has 24 heavy (non-hydrogen) atoms. The molecule has 4 heteroatoms. The second kappa shape index (κ2) is 8.96. The fourth-order valence-electron chi connectivity index (χ4n) is 2.46. The van der Waals surface area contributed by atoms with Crippen molar-refractivity contribution >= 4 is 5.91 Å². The molecule has 0 aromatic heterocycles. The zero-order valence-electron chi connectivity index (χ0n) is 14.5. The van der Waals surface area contributed by atoms with E-state index in [0.717, 1.165) is 5.75 Å². The molecule has 0 unspecified atom stereocenters. The predicted octanol–water partition coefficient (Wildman–Crippen LogP) is 3.69. The molecular formula is C20H25NO3. The van der Waals surface area contributed by atoms with E-state index >= 15 is 0 Å². The van der Waals surface area contributed by atoms with E-state index in [9.17, 15) is 4.79 Å². The quantitative estimate of drug-likeness (QED) is 0.752. The summed E-state index contributed by atoms with van der Waals surface area (Å²) in [5.74, 6) is 1.83. The monoisotopic (exact) mass is 327 g/mol. The average molecular weight is 327 g/mol. The number of nitrogens with one attached hydrogen (secondary N) is 1.